The van der Waals surface area contributed by atoms with Gasteiger partial charge in [-0.3, -0.25) is 4.68 Å². The number of aryl methyl sites for hydroxylation is 2. The van der Waals surface area contributed by atoms with Gasteiger partial charge in [0.1, 0.15) is 0 Å². The van der Waals surface area contributed by atoms with Gasteiger partial charge in [0.05, 0.1) is 18.9 Å². The molecule has 0 unspecified atom stereocenters. The third kappa shape index (κ3) is 1.62. The average Bonchev–Trinajstić information content (AvgIpc) is 2.98. The number of aromatic nitrogens is 2. The molecule has 0 bridgehead atoms. The molecule has 2 aliphatic carbocycles. The summed E-state index contributed by atoms with van der Waals surface area (Å²) in [5.41, 5.74) is 3.00. The maximum Gasteiger partial charge on any atom is 0.168 e. The first-order valence-corrected chi connectivity index (χ1v) is 7.42. The summed E-state index contributed by atoms with van der Waals surface area (Å²) in [7, 11) is 2.03. The molecule has 2 fully saturated rings. The van der Waals surface area contributed by atoms with Crippen molar-refractivity contribution < 1.29 is 9.47 Å². The summed E-state index contributed by atoms with van der Waals surface area (Å²) in [6.07, 6.45) is 7.77. The number of hydrogen-bond acceptors (Lipinski definition) is 3. The van der Waals surface area contributed by atoms with Crippen molar-refractivity contribution in [2.75, 3.05) is 13.2 Å². The highest BCUT2D eigenvalue weighted by molar-refractivity contribution is 5.31. The Bertz CT molecular complexity index is 504. The number of ether oxygens (including phenoxy) is 2. The predicted molar refractivity (Wildman–Crippen MR) is 70.9 cm³/mol. The Morgan fingerprint density at radius 2 is 2.11 bits per heavy atom. The van der Waals surface area contributed by atoms with Crippen molar-refractivity contribution in [3.63, 3.8) is 0 Å². The highest BCUT2D eigenvalue weighted by atomic mass is 16.7. The SMILES string of the molecule is Cn1cc2c(n1)[C@@]1(C)CCC3(C[C@@H]1CC2)OCCO3. The summed E-state index contributed by atoms with van der Waals surface area (Å²) >= 11 is 0. The van der Waals surface area contributed by atoms with Crippen LogP contribution in [0.25, 0.3) is 0 Å². The van der Waals surface area contributed by atoms with E-state index in [2.05, 4.69) is 13.1 Å². The van der Waals surface area contributed by atoms with Crippen LogP contribution < -0.4 is 0 Å². The van der Waals surface area contributed by atoms with E-state index in [9.17, 15) is 0 Å². The topological polar surface area (TPSA) is 36.3 Å². The first kappa shape index (κ1) is 11.9. The second-order valence-electron chi connectivity index (χ2n) is 6.64. The third-order valence-corrected chi connectivity index (χ3v) is 5.50. The van der Waals surface area contributed by atoms with Crippen molar-refractivity contribution in [3.05, 3.63) is 17.5 Å². The minimum Gasteiger partial charge on any atom is -0.348 e. The number of rotatable bonds is 0. The maximum atomic E-state index is 5.92. The molecule has 4 nitrogen and oxygen atoms in total. The van der Waals surface area contributed by atoms with E-state index in [1.807, 2.05) is 11.7 Å². The second-order valence-corrected chi connectivity index (χ2v) is 6.64. The van der Waals surface area contributed by atoms with E-state index in [4.69, 9.17) is 14.6 Å². The molecule has 4 rings (SSSR count). The number of nitrogens with zero attached hydrogens (tertiary/aromatic N) is 2. The molecular formula is C15H22N2O2. The number of fused-ring (bicyclic) bond motifs is 3. The van der Waals surface area contributed by atoms with E-state index in [-0.39, 0.29) is 11.2 Å². The fraction of sp³-hybridized carbons (Fsp3) is 0.800. The predicted octanol–water partition coefficient (Wildman–Crippen LogP) is 2.17. The van der Waals surface area contributed by atoms with Gasteiger partial charge in [-0.05, 0) is 30.7 Å². The van der Waals surface area contributed by atoms with Gasteiger partial charge in [0.2, 0.25) is 0 Å². The van der Waals surface area contributed by atoms with Crippen molar-refractivity contribution in [1.29, 1.82) is 0 Å². The van der Waals surface area contributed by atoms with Crippen LogP contribution in [0, 0.1) is 5.92 Å². The zero-order valence-electron chi connectivity index (χ0n) is 11.8. The quantitative estimate of drug-likeness (QED) is 0.719. The van der Waals surface area contributed by atoms with Gasteiger partial charge >= 0.3 is 0 Å². The zero-order chi connectivity index (χ0) is 13.1. The lowest BCUT2D eigenvalue weighted by molar-refractivity contribution is -0.199. The van der Waals surface area contributed by atoms with Gasteiger partial charge in [-0.2, -0.15) is 5.10 Å². The Labute approximate surface area is 114 Å². The molecule has 2 atom stereocenters. The van der Waals surface area contributed by atoms with E-state index in [1.165, 1.54) is 17.7 Å². The highest BCUT2D eigenvalue weighted by Gasteiger charge is 2.53. The molecule has 4 heteroatoms. The smallest absolute Gasteiger partial charge is 0.168 e. The van der Waals surface area contributed by atoms with Crippen molar-refractivity contribution in [3.8, 4) is 0 Å². The van der Waals surface area contributed by atoms with Crippen LogP contribution in [0.4, 0.5) is 0 Å². The van der Waals surface area contributed by atoms with E-state index in [0.717, 1.165) is 38.9 Å². The molecule has 104 valence electrons. The Morgan fingerprint density at radius 3 is 2.89 bits per heavy atom. The van der Waals surface area contributed by atoms with Crippen LogP contribution in [-0.2, 0) is 28.4 Å². The molecule has 3 aliphatic rings. The first-order valence-electron chi connectivity index (χ1n) is 7.42. The zero-order valence-corrected chi connectivity index (χ0v) is 11.8. The van der Waals surface area contributed by atoms with Crippen LogP contribution in [0.2, 0.25) is 0 Å². The third-order valence-electron chi connectivity index (χ3n) is 5.50. The lowest BCUT2D eigenvalue weighted by atomic mass is 9.59. The van der Waals surface area contributed by atoms with Gasteiger partial charge in [-0.1, -0.05) is 6.92 Å². The molecule has 0 radical (unpaired) electrons. The molecular weight excluding hydrogens is 240 g/mol. The summed E-state index contributed by atoms with van der Waals surface area (Å²) in [4.78, 5) is 0. The molecule has 0 amide bonds. The molecule has 1 spiro atoms. The van der Waals surface area contributed by atoms with Gasteiger partial charge < -0.3 is 9.47 Å². The van der Waals surface area contributed by atoms with E-state index < -0.39 is 0 Å². The van der Waals surface area contributed by atoms with E-state index >= 15 is 0 Å². The van der Waals surface area contributed by atoms with Crippen LogP contribution in [0.15, 0.2) is 6.20 Å². The Balaban J connectivity index is 1.69. The molecule has 2 heterocycles. The standard InChI is InChI=1S/C15H22N2O2/c1-14-5-6-15(18-7-8-19-15)9-12(14)4-3-11-10-17(2)16-13(11)14/h10,12H,3-9H2,1-2H3/t12-,14-/m0/s1. The van der Waals surface area contributed by atoms with Crippen LogP contribution in [0.5, 0.6) is 0 Å². The normalized spacial score (nSPS) is 36.2. The molecule has 1 aromatic rings. The molecule has 0 aromatic carbocycles. The van der Waals surface area contributed by atoms with Gasteiger partial charge in [0.25, 0.3) is 0 Å². The number of hydrogen-bond donors (Lipinski definition) is 0. The molecule has 1 aromatic heterocycles. The Kier molecular flexibility index (Phi) is 2.40. The lowest BCUT2D eigenvalue weighted by Gasteiger charge is -2.49. The summed E-state index contributed by atoms with van der Waals surface area (Å²) < 4.78 is 13.8. The fourth-order valence-corrected chi connectivity index (χ4v) is 4.38. The van der Waals surface area contributed by atoms with Crippen molar-refractivity contribution in [1.82, 2.24) is 9.78 Å². The summed E-state index contributed by atoms with van der Waals surface area (Å²) in [5, 5.41) is 4.76. The van der Waals surface area contributed by atoms with E-state index in [1.54, 1.807) is 0 Å². The van der Waals surface area contributed by atoms with Crippen molar-refractivity contribution >= 4 is 0 Å². The maximum absolute atomic E-state index is 5.92. The van der Waals surface area contributed by atoms with Crippen molar-refractivity contribution in [2.24, 2.45) is 13.0 Å². The van der Waals surface area contributed by atoms with Crippen LogP contribution in [0.3, 0.4) is 0 Å². The molecule has 0 N–H and O–H groups in total. The van der Waals surface area contributed by atoms with Crippen LogP contribution in [-0.4, -0.2) is 28.8 Å². The summed E-state index contributed by atoms with van der Waals surface area (Å²) in [6, 6.07) is 0. The van der Waals surface area contributed by atoms with E-state index in [0.29, 0.717) is 5.92 Å². The molecule has 1 saturated carbocycles. The molecule has 19 heavy (non-hydrogen) atoms. The minimum atomic E-state index is -0.267. The average molecular weight is 262 g/mol. The first-order chi connectivity index (χ1) is 9.11. The van der Waals surface area contributed by atoms with Crippen LogP contribution in [0.1, 0.15) is 43.9 Å². The second kappa shape index (κ2) is 3.83. The van der Waals surface area contributed by atoms with Crippen LogP contribution >= 0.6 is 0 Å². The lowest BCUT2D eigenvalue weighted by Crippen LogP contribution is -2.49. The largest absolute Gasteiger partial charge is 0.348 e. The Hall–Kier alpha value is -0.870. The fourth-order valence-electron chi connectivity index (χ4n) is 4.38. The summed E-state index contributed by atoms with van der Waals surface area (Å²) in [6.45, 7) is 3.92. The Morgan fingerprint density at radius 1 is 1.32 bits per heavy atom. The van der Waals surface area contributed by atoms with Gasteiger partial charge in [-0.15, -0.1) is 0 Å². The van der Waals surface area contributed by atoms with Gasteiger partial charge in [0, 0.05) is 31.5 Å². The van der Waals surface area contributed by atoms with Gasteiger partial charge in [-0.25, -0.2) is 0 Å². The molecule has 1 aliphatic heterocycles. The van der Waals surface area contributed by atoms with Crippen molar-refractivity contribution in [2.45, 2.75) is 50.2 Å². The monoisotopic (exact) mass is 262 g/mol. The molecule has 1 saturated heterocycles. The highest BCUT2D eigenvalue weighted by Crippen LogP contribution is 2.53. The summed E-state index contributed by atoms with van der Waals surface area (Å²) in [5.74, 6) is 0.373. The minimum absolute atomic E-state index is 0.218. The van der Waals surface area contributed by atoms with Gasteiger partial charge in [0.15, 0.2) is 5.79 Å².